The number of hydrogen-bond donors (Lipinski definition) is 0. The summed E-state index contributed by atoms with van der Waals surface area (Å²) in [5.41, 5.74) is 11.7. The van der Waals surface area contributed by atoms with Crippen LogP contribution in [-0.2, 0) is 17.7 Å². The Bertz CT molecular complexity index is 1820. The lowest BCUT2D eigenvalue weighted by molar-refractivity contribution is 0.308. The second-order valence-corrected chi connectivity index (χ2v) is 12.9. The van der Waals surface area contributed by atoms with Gasteiger partial charge in [0.2, 0.25) is 0 Å². The van der Waals surface area contributed by atoms with Crippen LogP contribution in [0, 0.1) is 5.92 Å². The van der Waals surface area contributed by atoms with Crippen molar-refractivity contribution in [3.05, 3.63) is 134 Å². The molecule has 3 aliphatic rings. The van der Waals surface area contributed by atoms with Crippen LogP contribution in [0.25, 0.3) is 22.3 Å². The van der Waals surface area contributed by atoms with E-state index in [0.29, 0.717) is 34.4 Å². The predicted molar refractivity (Wildman–Crippen MR) is 188 cm³/mol. The number of allylic oxidation sites excluding steroid dienone is 4. The molecule has 2 aliphatic carbocycles. The lowest BCUT2D eigenvalue weighted by Gasteiger charge is -2.27. The molecule has 1 aromatic heterocycles. The third kappa shape index (κ3) is 6.50. The molecule has 1 saturated carbocycles. The quantitative estimate of drug-likeness (QED) is 0.237. The summed E-state index contributed by atoms with van der Waals surface area (Å²) in [6.07, 6.45) is 16.6. The number of rotatable bonds is 8. The monoisotopic (exact) mass is 616 g/mol. The topological polar surface area (TPSA) is 43.6 Å². The van der Waals surface area contributed by atoms with Crippen LogP contribution in [0.15, 0.2) is 101 Å². The SMILES string of the molecule is C=C1c2c(cc(-c3ccc(C4=CC=C=C(OC)C=C4)cc3Cl)c(=O)n2CC)C=NC1CCc1ccc(C2CCC(C)CC2)cc1. The van der Waals surface area contributed by atoms with Crippen molar-refractivity contribution in [3.63, 3.8) is 0 Å². The minimum atomic E-state index is -0.0701. The molecule has 3 aromatic rings. The molecule has 6 rings (SSSR count). The van der Waals surface area contributed by atoms with Gasteiger partial charge in [0, 0.05) is 34.5 Å². The van der Waals surface area contributed by atoms with E-state index in [9.17, 15) is 4.79 Å². The first-order chi connectivity index (χ1) is 21.9. The van der Waals surface area contributed by atoms with Crippen LogP contribution in [0.4, 0.5) is 0 Å². The van der Waals surface area contributed by atoms with Gasteiger partial charge in [-0.25, -0.2) is 0 Å². The molecule has 0 N–H and O–H groups in total. The molecule has 4 nitrogen and oxygen atoms in total. The van der Waals surface area contributed by atoms with Crippen LogP contribution in [0.3, 0.4) is 0 Å². The Morgan fingerprint density at radius 1 is 1.04 bits per heavy atom. The molecule has 1 atom stereocenters. The number of fused-ring (bicyclic) bond motifs is 1. The smallest absolute Gasteiger partial charge is 0.258 e. The van der Waals surface area contributed by atoms with Gasteiger partial charge in [-0.05, 0) is 103 Å². The Morgan fingerprint density at radius 3 is 2.53 bits per heavy atom. The van der Waals surface area contributed by atoms with Crippen molar-refractivity contribution in [2.45, 2.75) is 70.9 Å². The number of aliphatic imine (C=N–C) groups is 1. The molecule has 0 spiro atoms. The van der Waals surface area contributed by atoms with Gasteiger partial charge >= 0.3 is 0 Å². The van der Waals surface area contributed by atoms with Gasteiger partial charge in [-0.3, -0.25) is 9.79 Å². The zero-order valence-corrected chi connectivity index (χ0v) is 27.2. The molecule has 0 radical (unpaired) electrons. The Balaban J connectivity index is 1.20. The normalized spacial score (nSPS) is 20.8. The molecule has 0 amide bonds. The third-order valence-corrected chi connectivity index (χ3v) is 9.94. The van der Waals surface area contributed by atoms with Crippen molar-refractivity contribution in [1.29, 1.82) is 0 Å². The summed E-state index contributed by atoms with van der Waals surface area (Å²) < 4.78 is 7.11. The van der Waals surface area contributed by atoms with Gasteiger partial charge in [-0.1, -0.05) is 86.2 Å². The molecule has 1 fully saturated rings. The molecule has 230 valence electrons. The lowest BCUT2D eigenvalue weighted by Crippen LogP contribution is -2.29. The average molecular weight is 617 g/mol. The molecule has 5 heteroatoms. The molecule has 45 heavy (non-hydrogen) atoms. The van der Waals surface area contributed by atoms with E-state index in [1.807, 2.05) is 66.3 Å². The fraction of sp³-hybridized carbons (Fsp3) is 0.325. The fourth-order valence-electron chi connectivity index (χ4n) is 6.88. The van der Waals surface area contributed by atoms with E-state index in [1.54, 1.807) is 7.11 Å². The summed E-state index contributed by atoms with van der Waals surface area (Å²) in [5, 5.41) is 0.517. The van der Waals surface area contributed by atoms with Crippen LogP contribution in [0.2, 0.25) is 5.02 Å². The van der Waals surface area contributed by atoms with Crippen LogP contribution in [0.1, 0.15) is 79.8 Å². The zero-order valence-electron chi connectivity index (χ0n) is 26.5. The van der Waals surface area contributed by atoms with Gasteiger partial charge in [0.25, 0.3) is 5.56 Å². The zero-order chi connectivity index (χ0) is 31.5. The first kappa shape index (κ1) is 30.9. The van der Waals surface area contributed by atoms with E-state index in [4.69, 9.17) is 21.3 Å². The highest BCUT2D eigenvalue weighted by molar-refractivity contribution is 6.33. The van der Waals surface area contributed by atoms with Gasteiger partial charge in [-0.2, -0.15) is 0 Å². The highest BCUT2D eigenvalue weighted by Crippen LogP contribution is 2.36. The summed E-state index contributed by atoms with van der Waals surface area (Å²) in [4.78, 5) is 18.8. The summed E-state index contributed by atoms with van der Waals surface area (Å²) in [6.45, 7) is 9.35. The number of benzene rings is 2. The molecule has 0 saturated heterocycles. The third-order valence-electron chi connectivity index (χ3n) is 9.62. The van der Waals surface area contributed by atoms with E-state index in [0.717, 1.165) is 46.7 Å². The highest BCUT2D eigenvalue weighted by atomic mass is 35.5. The van der Waals surface area contributed by atoms with E-state index in [1.165, 1.54) is 36.8 Å². The maximum Gasteiger partial charge on any atom is 0.258 e. The van der Waals surface area contributed by atoms with Gasteiger partial charge in [0.05, 0.1) is 18.8 Å². The number of aromatic nitrogens is 1. The summed E-state index contributed by atoms with van der Waals surface area (Å²) in [5.74, 6) is 2.22. The first-order valence-corrected chi connectivity index (χ1v) is 16.5. The summed E-state index contributed by atoms with van der Waals surface area (Å²) in [7, 11) is 1.62. The maximum absolute atomic E-state index is 13.9. The second kappa shape index (κ2) is 13.5. The van der Waals surface area contributed by atoms with Gasteiger partial charge in [-0.15, -0.1) is 0 Å². The minimum Gasteiger partial charge on any atom is -0.489 e. The highest BCUT2D eigenvalue weighted by Gasteiger charge is 2.26. The minimum absolute atomic E-state index is 0.0639. The Kier molecular flexibility index (Phi) is 9.26. The second-order valence-electron chi connectivity index (χ2n) is 12.5. The Morgan fingerprint density at radius 2 is 1.82 bits per heavy atom. The van der Waals surface area contributed by atoms with Crippen molar-refractivity contribution in [2.75, 3.05) is 7.11 Å². The van der Waals surface area contributed by atoms with Crippen molar-refractivity contribution in [2.24, 2.45) is 10.9 Å². The number of hydrogen-bond acceptors (Lipinski definition) is 3. The first-order valence-electron chi connectivity index (χ1n) is 16.1. The van der Waals surface area contributed by atoms with Crippen LogP contribution in [0.5, 0.6) is 0 Å². The molecule has 1 unspecified atom stereocenters. The van der Waals surface area contributed by atoms with Gasteiger partial charge in [0.1, 0.15) is 0 Å². The fourth-order valence-corrected chi connectivity index (χ4v) is 7.16. The van der Waals surface area contributed by atoms with Crippen LogP contribution >= 0.6 is 11.6 Å². The number of pyridine rings is 1. The number of halogens is 1. The average Bonchev–Trinajstić information content (AvgIpc) is 3.31. The van der Waals surface area contributed by atoms with Crippen molar-refractivity contribution >= 4 is 29.0 Å². The molecule has 2 heterocycles. The van der Waals surface area contributed by atoms with E-state index >= 15 is 0 Å². The van der Waals surface area contributed by atoms with Crippen molar-refractivity contribution in [3.8, 4) is 11.1 Å². The Labute approximate surface area is 271 Å². The molecule has 2 aromatic carbocycles. The maximum atomic E-state index is 13.9. The van der Waals surface area contributed by atoms with Crippen LogP contribution < -0.4 is 5.56 Å². The lowest BCUT2D eigenvalue weighted by atomic mass is 9.79. The summed E-state index contributed by atoms with van der Waals surface area (Å²) in [6, 6.07) is 16.9. The van der Waals surface area contributed by atoms with Crippen LogP contribution in [-0.4, -0.2) is 23.9 Å². The van der Waals surface area contributed by atoms with E-state index < -0.39 is 0 Å². The van der Waals surface area contributed by atoms with Gasteiger partial charge < -0.3 is 9.30 Å². The molecule has 1 aliphatic heterocycles. The van der Waals surface area contributed by atoms with E-state index in [2.05, 4.69) is 43.5 Å². The molecular weight excluding hydrogens is 576 g/mol. The van der Waals surface area contributed by atoms with Gasteiger partial charge in [0.15, 0.2) is 5.76 Å². The molecular formula is C40H41ClN2O2. The number of aryl methyl sites for hydroxylation is 1. The standard InChI is InChI=1S/C40H41ClN2O2/c1-5-43-39-27(3)38(22-13-28-11-16-31(17-12-28)30-14-9-26(2)10-15-30)42-25-33(39)23-36(40(43)44)35-21-19-32(24-37(35)41)29-7-6-8-34(45-4)20-18-29/h6-7,11-12,16-21,23-26,30,38H,3,5,9-10,13-15,22H2,1-2,4H3. The van der Waals surface area contributed by atoms with E-state index in [-0.39, 0.29) is 11.6 Å². The van der Waals surface area contributed by atoms with Crippen molar-refractivity contribution in [1.82, 2.24) is 4.57 Å². The summed E-state index contributed by atoms with van der Waals surface area (Å²) >= 11 is 6.83. The Hall–Kier alpha value is -4.11. The number of nitrogens with zero attached hydrogens (tertiary/aromatic N) is 2. The number of ether oxygens (including phenoxy) is 1. The predicted octanol–water partition coefficient (Wildman–Crippen LogP) is 9.57. The molecule has 0 bridgehead atoms. The number of methoxy groups -OCH3 is 1. The van der Waals surface area contributed by atoms with Crippen molar-refractivity contribution < 1.29 is 4.74 Å². The largest absolute Gasteiger partial charge is 0.489 e.